The topological polar surface area (TPSA) is 60.2 Å². The van der Waals surface area contributed by atoms with E-state index < -0.39 is 0 Å². The van der Waals surface area contributed by atoms with Crippen LogP contribution in [0, 0.1) is 0 Å². The monoisotopic (exact) mass is 342 g/mol. The van der Waals surface area contributed by atoms with Gasteiger partial charge < -0.3 is 14.2 Å². The Balaban J connectivity index is 1.53. The summed E-state index contributed by atoms with van der Waals surface area (Å²) in [6.45, 7) is 7.18. The molecule has 1 fully saturated rings. The highest BCUT2D eigenvalue weighted by atomic mass is 16.5. The summed E-state index contributed by atoms with van der Waals surface area (Å²) >= 11 is 0. The van der Waals surface area contributed by atoms with Gasteiger partial charge in [-0.1, -0.05) is 12.1 Å². The Bertz CT molecular complexity index is 688. The number of hydrogen-bond donors (Lipinski definition) is 0. The molecule has 0 spiro atoms. The van der Waals surface area contributed by atoms with Crippen molar-refractivity contribution in [1.29, 1.82) is 0 Å². The summed E-state index contributed by atoms with van der Waals surface area (Å²) < 4.78 is 7.54. The summed E-state index contributed by atoms with van der Waals surface area (Å²) in [5.74, 6) is 2.50. The maximum absolute atomic E-state index is 12.6. The van der Waals surface area contributed by atoms with Crippen LogP contribution in [0.2, 0.25) is 0 Å². The van der Waals surface area contributed by atoms with Crippen LogP contribution in [0.15, 0.2) is 30.6 Å². The first-order chi connectivity index (χ1) is 12.2. The Morgan fingerprint density at radius 3 is 2.56 bits per heavy atom. The van der Waals surface area contributed by atoms with Gasteiger partial charge in [0.1, 0.15) is 17.9 Å². The summed E-state index contributed by atoms with van der Waals surface area (Å²) in [5.41, 5.74) is 1.03. The lowest BCUT2D eigenvalue weighted by Gasteiger charge is -2.31. The molecule has 6 heteroatoms. The minimum Gasteiger partial charge on any atom is -0.494 e. The molecule has 0 N–H and O–H groups in total. The van der Waals surface area contributed by atoms with E-state index in [9.17, 15) is 4.79 Å². The van der Waals surface area contributed by atoms with E-state index in [0.29, 0.717) is 18.9 Å². The minimum absolute atomic E-state index is 0.194. The molecular weight excluding hydrogens is 316 g/mol. The van der Waals surface area contributed by atoms with E-state index in [1.165, 1.54) is 0 Å². The Kier molecular flexibility index (Phi) is 5.68. The number of carbonyl (C=O) groups is 1. The van der Waals surface area contributed by atoms with Crippen LogP contribution in [-0.2, 0) is 17.8 Å². The molecule has 0 bridgehead atoms. The predicted molar refractivity (Wildman–Crippen MR) is 95.6 cm³/mol. The third-order valence-electron chi connectivity index (χ3n) is 4.79. The number of carbonyl (C=O) groups excluding carboxylic acids is 1. The molecule has 0 aliphatic carbocycles. The summed E-state index contributed by atoms with van der Waals surface area (Å²) in [5, 5.41) is 8.29. The van der Waals surface area contributed by atoms with Crippen LogP contribution < -0.4 is 4.74 Å². The highest BCUT2D eigenvalue weighted by molar-refractivity contribution is 5.78. The van der Waals surface area contributed by atoms with Gasteiger partial charge in [0, 0.05) is 25.6 Å². The summed E-state index contributed by atoms with van der Waals surface area (Å²) in [7, 11) is 0. The molecule has 0 atom stereocenters. The number of rotatable bonds is 6. The second-order valence-electron chi connectivity index (χ2n) is 6.38. The van der Waals surface area contributed by atoms with Gasteiger partial charge in [-0.3, -0.25) is 4.79 Å². The molecule has 1 amide bonds. The van der Waals surface area contributed by atoms with E-state index in [1.807, 2.05) is 36.1 Å². The average Bonchev–Trinajstić information content (AvgIpc) is 3.12. The van der Waals surface area contributed by atoms with Crippen molar-refractivity contribution in [3.05, 3.63) is 42.0 Å². The van der Waals surface area contributed by atoms with E-state index >= 15 is 0 Å². The molecule has 134 valence electrons. The van der Waals surface area contributed by atoms with Gasteiger partial charge in [-0.05, 0) is 44.4 Å². The first kappa shape index (κ1) is 17.5. The van der Waals surface area contributed by atoms with Gasteiger partial charge in [-0.25, -0.2) is 0 Å². The quantitative estimate of drug-likeness (QED) is 0.810. The van der Waals surface area contributed by atoms with Crippen LogP contribution in [0.1, 0.15) is 44.0 Å². The number of piperidine rings is 1. The van der Waals surface area contributed by atoms with Gasteiger partial charge in [-0.2, -0.15) is 0 Å². The normalized spacial score (nSPS) is 15.4. The first-order valence-corrected chi connectivity index (χ1v) is 9.08. The van der Waals surface area contributed by atoms with Crippen molar-refractivity contribution in [3.63, 3.8) is 0 Å². The molecule has 2 heterocycles. The molecule has 0 unspecified atom stereocenters. The van der Waals surface area contributed by atoms with Crippen molar-refractivity contribution in [3.8, 4) is 5.75 Å². The van der Waals surface area contributed by atoms with Crippen LogP contribution in [0.25, 0.3) is 0 Å². The molecule has 1 saturated heterocycles. The molecule has 1 aromatic heterocycles. The number of amides is 1. The molecule has 3 rings (SSSR count). The zero-order valence-electron chi connectivity index (χ0n) is 15.0. The van der Waals surface area contributed by atoms with E-state index in [1.54, 1.807) is 6.33 Å². The van der Waals surface area contributed by atoms with Gasteiger partial charge in [0.15, 0.2) is 0 Å². The second-order valence-corrected chi connectivity index (χ2v) is 6.38. The molecule has 1 aromatic carbocycles. The Morgan fingerprint density at radius 2 is 1.92 bits per heavy atom. The lowest BCUT2D eigenvalue weighted by molar-refractivity contribution is -0.131. The maximum Gasteiger partial charge on any atom is 0.226 e. The van der Waals surface area contributed by atoms with Gasteiger partial charge in [0.05, 0.1) is 13.0 Å². The van der Waals surface area contributed by atoms with E-state index in [0.717, 1.165) is 49.6 Å². The lowest BCUT2D eigenvalue weighted by Crippen LogP contribution is -2.39. The molecular formula is C19H26N4O2. The third kappa shape index (κ3) is 4.18. The Morgan fingerprint density at radius 1 is 1.20 bits per heavy atom. The number of ether oxygens (including phenoxy) is 1. The number of aryl methyl sites for hydroxylation is 1. The van der Waals surface area contributed by atoms with Crippen LogP contribution in [0.4, 0.5) is 0 Å². The molecule has 1 aliphatic rings. The van der Waals surface area contributed by atoms with Crippen molar-refractivity contribution in [2.45, 2.75) is 45.6 Å². The summed E-state index contributed by atoms with van der Waals surface area (Å²) in [6.07, 6.45) is 4.14. The van der Waals surface area contributed by atoms with Crippen LogP contribution in [-0.4, -0.2) is 45.3 Å². The van der Waals surface area contributed by atoms with Crippen LogP contribution >= 0.6 is 0 Å². The lowest BCUT2D eigenvalue weighted by atomic mass is 9.95. The largest absolute Gasteiger partial charge is 0.494 e. The number of benzene rings is 1. The fraction of sp³-hybridized carbons (Fsp3) is 0.526. The Labute approximate surface area is 148 Å². The van der Waals surface area contributed by atoms with E-state index in [4.69, 9.17) is 4.74 Å². The third-order valence-corrected chi connectivity index (χ3v) is 4.79. The predicted octanol–water partition coefficient (Wildman–Crippen LogP) is 2.65. The maximum atomic E-state index is 12.6. The summed E-state index contributed by atoms with van der Waals surface area (Å²) in [6, 6.07) is 7.80. The minimum atomic E-state index is 0.194. The fourth-order valence-corrected chi connectivity index (χ4v) is 3.37. The molecule has 0 saturated carbocycles. The molecule has 25 heavy (non-hydrogen) atoms. The second kappa shape index (κ2) is 8.14. The zero-order valence-corrected chi connectivity index (χ0v) is 15.0. The van der Waals surface area contributed by atoms with Crippen molar-refractivity contribution in [1.82, 2.24) is 19.7 Å². The van der Waals surface area contributed by atoms with Crippen LogP contribution in [0.3, 0.4) is 0 Å². The Hall–Kier alpha value is -2.37. The first-order valence-electron chi connectivity index (χ1n) is 9.08. The molecule has 1 aliphatic heterocycles. The number of likely N-dealkylation sites (tertiary alicyclic amines) is 1. The number of nitrogens with zero attached hydrogens (tertiary/aromatic N) is 4. The van der Waals surface area contributed by atoms with Gasteiger partial charge in [0.2, 0.25) is 5.91 Å². The van der Waals surface area contributed by atoms with Crippen LogP contribution in [0.5, 0.6) is 5.75 Å². The van der Waals surface area contributed by atoms with Crippen molar-refractivity contribution in [2.75, 3.05) is 19.7 Å². The van der Waals surface area contributed by atoms with E-state index in [2.05, 4.69) is 21.7 Å². The highest BCUT2D eigenvalue weighted by Crippen LogP contribution is 2.27. The number of hydrogen-bond acceptors (Lipinski definition) is 4. The average molecular weight is 342 g/mol. The van der Waals surface area contributed by atoms with Gasteiger partial charge >= 0.3 is 0 Å². The highest BCUT2D eigenvalue weighted by Gasteiger charge is 2.26. The van der Waals surface area contributed by atoms with Crippen molar-refractivity contribution in [2.24, 2.45) is 0 Å². The zero-order chi connectivity index (χ0) is 17.6. The molecule has 2 aromatic rings. The van der Waals surface area contributed by atoms with Crippen molar-refractivity contribution >= 4 is 5.91 Å². The smallest absolute Gasteiger partial charge is 0.226 e. The summed E-state index contributed by atoms with van der Waals surface area (Å²) in [4.78, 5) is 14.5. The standard InChI is InChI=1S/C19H26N4O2/c1-3-22-14-20-21-19(22)16-9-11-23(12-10-16)18(24)13-15-5-7-17(8-6-15)25-4-2/h5-8,14,16H,3-4,9-13H2,1-2H3. The SMILES string of the molecule is CCOc1ccc(CC(=O)N2CCC(c3nncn3CC)CC2)cc1. The fourth-order valence-electron chi connectivity index (χ4n) is 3.37. The number of aromatic nitrogens is 3. The van der Waals surface area contributed by atoms with Gasteiger partial charge in [0.25, 0.3) is 0 Å². The van der Waals surface area contributed by atoms with Gasteiger partial charge in [-0.15, -0.1) is 10.2 Å². The van der Waals surface area contributed by atoms with Crippen molar-refractivity contribution < 1.29 is 9.53 Å². The van der Waals surface area contributed by atoms with E-state index in [-0.39, 0.29) is 5.91 Å². The molecule has 6 nitrogen and oxygen atoms in total. The molecule has 0 radical (unpaired) electrons.